The Kier molecular flexibility index (Phi) is 6.45. The molecule has 6 heteroatoms. The summed E-state index contributed by atoms with van der Waals surface area (Å²) in [4.78, 5) is 31.3. The van der Waals surface area contributed by atoms with Gasteiger partial charge in [0.05, 0.1) is 13.2 Å². The lowest BCUT2D eigenvalue weighted by atomic mass is 9.83. The van der Waals surface area contributed by atoms with Crippen LogP contribution < -0.4 is 0 Å². The molecule has 3 fully saturated rings. The molecule has 2 aromatic carbocycles. The van der Waals surface area contributed by atoms with E-state index in [-0.39, 0.29) is 24.3 Å². The lowest BCUT2D eigenvalue weighted by Crippen LogP contribution is -2.59. The highest BCUT2D eigenvalue weighted by molar-refractivity contribution is 5.96. The van der Waals surface area contributed by atoms with Crippen molar-refractivity contribution in [3.05, 3.63) is 70.8 Å². The van der Waals surface area contributed by atoms with Gasteiger partial charge in [0.1, 0.15) is 0 Å². The van der Waals surface area contributed by atoms with Crippen LogP contribution in [0.15, 0.2) is 48.5 Å². The number of rotatable bonds is 4. The number of ether oxygens (including phenoxy) is 2. The topological polar surface area (TPSA) is 59.1 Å². The van der Waals surface area contributed by atoms with Gasteiger partial charge in [-0.1, -0.05) is 47.5 Å². The molecular formula is C28H34N2O4. The minimum absolute atomic E-state index is 0.0192. The first-order valence-electron chi connectivity index (χ1n) is 12.4. The van der Waals surface area contributed by atoms with Gasteiger partial charge in [-0.05, 0) is 50.3 Å². The molecule has 0 bridgehead atoms. The van der Waals surface area contributed by atoms with Crippen molar-refractivity contribution in [3.8, 4) is 0 Å². The van der Waals surface area contributed by atoms with E-state index in [1.807, 2.05) is 54.0 Å². The second-order valence-electron chi connectivity index (χ2n) is 10.1. The Morgan fingerprint density at radius 2 is 1.74 bits per heavy atom. The van der Waals surface area contributed by atoms with E-state index < -0.39 is 5.60 Å². The highest BCUT2D eigenvalue weighted by Gasteiger charge is 2.58. The molecule has 1 spiro atoms. The first-order valence-corrected chi connectivity index (χ1v) is 12.4. The van der Waals surface area contributed by atoms with E-state index in [1.54, 1.807) is 0 Å². The van der Waals surface area contributed by atoms with Crippen molar-refractivity contribution < 1.29 is 19.1 Å². The number of benzene rings is 2. The summed E-state index contributed by atoms with van der Waals surface area (Å²) < 4.78 is 11.9. The second kappa shape index (κ2) is 9.51. The van der Waals surface area contributed by atoms with Gasteiger partial charge in [-0.15, -0.1) is 0 Å². The lowest BCUT2D eigenvalue weighted by Gasteiger charge is -2.42. The third kappa shape index (κ3) is 4.37. The number of aryl methyl sites for hydroxylation is 2. The largest absolute Gasteiger partial charge is 0.381 e. The van der Waals surface area contributed by atoms with E-state index in [1.165, 1.54) is 0 Å². The summed E-state index contributed by atoms with van der Waals surface area (Å²) in [5.74, 6) is 0.319. The predicted octanol–water partition coefficient (Wildman–Crippen LogP) is 3.57. The fraction of sp³-hybridized carbons (Fsp3) is 0.500. The summed E-state index contributed by atoms with van der Waals surface area (Å²) in [5, 5.41) is 0. The van der Waals surface area contributed by atoms with Crippen LogP contribution in [0, 0.1) is 19.8 Å². The zero-order valence-electron chi connectivity index (χ0n) is 20.2. The first kappa shape index (κ1) is 23.1. The summed E-state index contributed by atoms with van der Waals surface area (Å²) in [6.07, 6.45) is 1.95. The SMILES string of the molecule is Cc1cc(C)cc(C(=O)N2CCOC3(C2)C(=O)N(CC2CCOCC2)CC3c2ccccc2)c1. The lowest BCUT2D eigenvalue weighted by molar-refractivity contribution is -0.160. The normalized spacial score (nSPS) is 25.8. The second-order valence-corrected chi connectivity index (χ2v) is 10.1. The van der Waals surface area contributed by atoms with Crippen LogP contribution in [0.25, 0.3) is 0 Å². The Morgan fingerprint density at radius 1 is 1.03 bits per heavy atom. The molecule has 2 aromatic rings. The maximum atomic E-state index is 14.0. The first-order chi connectivity index (χ1) is 16.5. The molecule has 0 saturated carbocycles. The molecule has 2 amide bonds. The van der Waals surface area contributed by atoms with Crippen LogP contribution in [0.5, 0.6) is 0 Å². The monoisotopic (exact) mass is 462 g/mol. The van der Waals surface area contributed by atoms with Crippen LogP contribution in [0.1, 0.15) is 45.8 Å². The van der Waals surface area contributed by atoms with Crippen molar-refractivity contribution in [1.82, 2.24) is 9.80 Å². The Labute approximate surface area is 201 Å². The average Bonchev–Trinajstić information content (AvgIpc) is 3.10. The minimum Gasteiger partial charge on any atom is -0.381 e. The smallest absolute Gasteiger partial charge is 0.257 e. The van der Waals surface area contributed by atoms with Gasteiger partial charge in [-0.25, -0.2) is 0 Å². The maximum Gasteiger partial charge on any atom is 0.257 e. The summed E-state index contributed by atoms with van der Waals surface area (Å²) >= 11 is 0. The average molecular weight is 463 g/mol. The van der Waals surface area contributed by atoms with E-state index in [0.29, 0.717) is 31.2 Å². The Hall–Kier alpha value is -2.70. The zero-order chi connectivity index (χ0) is 23.7. The summed E-state index contributed by atoms with van der Waals surface area (Å²) in [5.41, 5.74) is 2.85. The zero-order valence-corrected chi connectivity index (χ0v) is 20.2. The predicted molar refractivity (Wildman–Crippen MR) is 130 cm³/mol. The van der Waals surface area contributed by atoms with Crippen LogP contribution in [-0.2, 0) is 14.3 Å². The van der Waals surface area contributed by atoms with Gasteiger partial charge >= 0.3 is 0 Å². The van der Waals surface area contributed by atoms with E-state index in [2.05, 4.69) is 18.2 Å². The fourth-order valence-corrected chi connectivity index (χ4v) is 5.87. The summed E-state index contributed by atoms with van der Waals surface area (Å²) in [6, 6.07) is 16.1. The van der Waals surface area contributed by atoms with Crippen molar-refractivity contribution in [2.45, 2.75) is 38.2 Å². The van der Waals surface area contributed by atoms with Gasteiger partial charge in [0.2, 0.25) is 0 Å². The molecule has 34 heavy (non-hydrogen) atoms. The Bertz CT molecular complexity index is 1030. The number of hydrogen-bond donors (Lipinski definition) is 0. The third-order valence-electron chi connectivity index (χ3n) is 7.54. The Balaban J connectivity index is 1.44. The van der Waals surface area contributed by atoms with Crippen molar-refractivity contribution >= 4 is 11.8 Å². The molecule has 2 atom stereocenters. The van der Waals surface area contributed by atoms with E-state index in [4.69, 9.17) is 9.47 Å². The van der Waals surface area contributed by atoms with E-state index in [0.717, 1.165) is 49.3 Å². The number of likely N-dealkylation sites (tertiary alicyclic amines) is 1. The Morgan fingerprint density at radius 3 is 2.44 bits per heavy atom. The van der Waals surface area contributed by atoms with Crippen LogP contribution in [0.2, 0.25) is 0 Å². The molecule has 5 rings (SSSR count). The standard InChI is InChI=1S/C28H34N2O4/c1-20-14-21(2)16-24(15-20)26(31)29-10-13-34-28(19-29)25(23-6-4-3-5-7-23)18-30(27(28)32)17-22-8-11-33-12-9-22/h3-7,14-16,22,25H,8-13,17-19H2,1-2H3. The van der Waals surface area contributed by atoms with Crippen molar-refractivity contribution in [2.24, 2.45) is 5.92 Å². The number of carbonyl (C=O) groups excluding carboxylic acids is 2. The molecule has 2 unspecified atom stereocenters. The van der Waals surface area contributed by atoms with Gasteiger partial charge < -0.3 is 19.3 Å². The van der Waals surface area contributed by atoms with Gasteiger partial charge in [0.15, 0.2) is 5.60 Å². The molecule has 3 saturated heterocycles. The molecule has 0 N–H and O–H groups in total. The molecule has 0 radical (unpaired) electrons. The number of morpholine rings is 1. The van der Waals surface area contributed by atoms with Crippen molar-refractivity contribution in [3.63, 3.8) is 0 Å². The number of hydrogen-bond acceptors (Lipinski definition) is 4. The summed E-state index contributed by atoms with van der Waals surface area (Å²) in [7, 11) is 0. The van der Waals surface area contributed by atoms with Crippen LogP contribution in [0.3, 0.4) is 0 Å². The molecule has 0 aliphatic carbocycles. The van der Waals surface area contributed by atoms with Crippen molar-refractivity contribution in [1.29, 1.82) is 0 Å². The number of amides is 2. The summed E-state index contributed by atoms with van der Waals surface area (Å²) in [6.45, 7) is 7.99. The highest BCUT2D eigenvalue weighted by atomic mass is 16.5. The van der Waals surface area contributed by atoms with Crippen LogP contribution in [0.4, 0.5) is 0 Å². The van der Waals surface area contributed by atoms with Crippen molar-refractivity contribution in [2.75, 3.05) is 46.0 Å². The minimum atomic E-state index is -1.04. The fourth-order valence-electron chi connectivity index (χ4n) is 5.87. The maximum absolute atomic E-state index is 14.0. The molecule has 3 aliphatic rings. The van der Waals surface area contributed by atoms with Gasteiger partial charge in [0, 0.05) is 44.3 Å². The molecule has 0 aromatic heterocycles. The van der Waals surface area contributed by atoms with E-state index >= 15 is 0 Å². The van der Waals surface area contributed by atoms with Gasteiger partial charge in [-0.3, -0.25) is 9.59 Å². The highest BCUT2D eigenvalue weighted by Crippen LogP contribution is 2.43. The van der Waals surface area contributed by atoms with Crippen LogP contribution >= 0.6 is 0 Å². The van der Waals surface area contributed by atoms with E-state index in [9.17, 15) is 9.59 Å². The molecular weight excluding hydrogens is 428 g/mol. The molecule has 6 nitrogen and oxygen atoms in total. The molecule has 180 valence electrons. The quantitative estimate of drug-likeness (QED) is 0.697. The van der Waals surface area contributed by atoms with Gasteiger partial charge in [-0.2, -0.15) is 0 Å². The number of carbonyl (C=O) groups is 2. The van der Waals surface area contributed by atoms with Gasteiger partial charge in [0.25, 0.3) is 11.8 Å². The number of nitrogens with zero attached hydrogens (tertiary/aromatic N) is 2. The van der Waals surface area contributed by atoms with Crippen LogP contribution in [-0.4, -0.2) is 73.2 Å². The third-order valence-corrected chi connectivity index (χ3v) is 7.54. The molecule has 3 aliphatic heterocycles. The molecule has 3 heterocycles.